The van der Waals surface area contributed by atoms with Crippen molar-refractivity contribution in [3.05, 3.63) is 71.5 Å². The van der Waals surface area contributed by atoms with Gasteiger partial charge >= 0.3 is 0 Å². The van der Waals surface area contributed by atoms with Gasteiger partial charge in [-0.15, -0.1) is 0 Å². The Bertz CT molecular complexity index is 1000. The smallest absolute Gasteiger partial charge is 0.245 e. The van der Waals surface area contributed by atoms with Gasteiger partial charge in [-0.1, -0.05) is 23.7 Å². The van der Waals surface area contributed by atoms with Gasteiger partial charge in [-0.05, 0) is 54.4 Å². The molecule has 0 saturated carbocycles. The third-order valence-corrected chi connectivity index (χ3v) is 5.25. The van der Waals surface area contributed by atoms with Crippen LogP contribution in [0, 0.1) is 0 Å². The van der Waals surface area contributed by atoms with E-state index in [0.717, 1.165) is 16.7 Å². The fraction of sp³-hybridized carbons (Fsp3) is 0.227. The number of aromatic hydroxyl groups is 1. The fourth-order valence-corrected chi connectivity index (χ4v) is 3.71. The second-order valence-electron chi connectivity index (χ2n) is 6.91. The Morgan fingerprint density at radius 3 is 2.68 bits per heavy atom. The van der Waals surface area contributed by atoms with E-state index in [1.807, 2.05) is 60.3 Å². The zero-order valence-corrected chi connectivity index (χ0v) is 16.3. The molecule has 6 heteroatoms. The van der Waals surface area contributed by atoms with Crippen molar-refractivity contribution >= 4 is 17.5 Å². The van der Waals surface area contributed by atoms with Gasteiger partial charge < -0.3 is 19.3 Å². The van der Waals surface area contributed by atoms with E-state index in [1.165, 1.54) is 0 Å². The van der Waals surface area contributed by atoms with E-state index in [-0.39, 0.29) is 17.7 Å². The van der Waals surface area contributed by atoms with Gasteiger partial charge in [-0.25, -0.2) is 0 Å². The summed E-state index contributed by atoms with van der Waals surface area (Å²) >= 11 is 6.11. The van der Waals surface area contributed by atoms with Crippen molar-refractivity contribution in [2.75, 3.05) is 13.2 Å². The number of aromatic nitrogens is 1. The molecule has 1 atom stereocenters. The monoisotopic (exact) mass is 396 g/mol. The number of fused-ring (bicyclic) bond motifs is 1. The first-order valence-corrected chi connectivity index (χ1v) is 9.56. The first kappa shape index (κ1) is 18.4. The second-order valence-corrected chi connectivity index (χ2v) is 7.34. The minimum Gasteiger partial charge on any atom is -0.504 e. The van der Waals surface area contributed by atoms with E-state index >= 15 is 0 Å². The summed E-state index contributed by atoms with van der Waals surface area (Å²) in [5.74, 6) is 0.523. The van der Waals surface area contributed by atoms with Crippen LogP contribution in [-0.4, -0.2) is 33.6 Å². The molecular weight excluding hydrogens is 376 g/mol. The summed E-state index contributed by atoms with van der Waals surface area (Å²) in [6.45, 7) is 3.06. The molecule has 0 radical (unpaired) electrons. The molecule has 4 rings (SSSR count). The van der Waals surface area contributed by atoms with Crippen molar-refractivity contribution in [2.45, 2.75) is 19.5 Å². The molecule has 28 heavy (non-hydrogen) atoms. The molecule has 1 amide bonds. The van der Waals surface area contributed by atoms with E-state index in [9.17, 15) is 9.90 Å². The van der Waals surface area contributed by atoms with Gasteiger partial charge in [0.25, 0.3) is 0 Å². The summed E-state index contributed by atoms with van der Waals surface area (Å²) in [6.07, 6.45) is 3.77. The van der Waals surface area contributed by atoms with Crippen LogP contribution >= 0.6 is 11.6 Å². The number of hydrogen-bond donors (Lipinski definition) is 1. The van der Waals surface area contributed by atoms with Crippen molar-refractivity contribution in [3.8, 4) is 22.6 Å². The number of carbonyl (C=O) groups is 1. The number of ether oxygens (including phenoxy) is 1. The van der Waals surface area contributed by atoms with Crippen LogP contribution in [0.2, 0.25) is 5.02 Å². The minimum atomic E-state index is -0.304. The molecule has 0 aliphatic carbocycles. The van der Waals surface area contributed by atoms with Crippen LogP contribution in [0.15, 0.2) is 60.9 Å². The van der Waals surface area contributed by atoms with Crippen molar-refractivity contribution in [2.24, 2.45) is 0 Å². The van der Waals surface area contributed by atoms with Gasteiger partial charge in [0.05, 0.1) is 6.54 Å². The van der Waals surface area contributed by atoms with Crippen LogP contribution in [0.25, 0.3) is 11.1 Å². The van der Waals surface area contributed by atoms with Gasteiger partial charge in [-0.3, -0.25) is 4.79 Å². The highest BCUT2D eigenvalue weighted by molar-refractivity contribution is 6.30. The highest BCUT2D eigenvalue weighted by Crippen LogP contribution is 2.38. The zero-order chi connectivity index (χ0) is 19.7. The van der Waals surface area contributed by atoms with E-state index in [4.69, 9.17) is 16.3 Å². The maximum atomic E-state index is 13.0. The third-order valence-electron chi connectivity index (χ3n) is 5.02. The van der Waals surface area contributed by atoms with Gasteiger partial charge in [0.15, 0.2) is 11.5 Å². The molecule has 3 aromatic rings. The second kappa shape index (κ2) is 7.60. The Labute approximate surface area is 168 Å². The molecule has 0 saturated heterocycles. The molecule has 0 spiro atoms. The first-order chi connectivity index (χ1) is 13.5. The highest BCUT2D eigenvalue weighted by Gasteiger charge is 2.26. The molecule has 0 fully saturated rings. The van der Waals surface area contributed by atoms with Crippen molar-refractivity contribution in [1.82, 2.24) is 9.47 Å². The van der Waals surface area contributed by atoms with Crippen LogP contribution in [-0.2, 0) is 11.3 Å². The summed E-state index contributed by atoms with van der Waals surface area (Å²) in [7, 11) is 0. The Kier molecular flexibility index (Phi) is 5.01. The third kappa shape index (κ3) is 3.58. The topological polar surface area (TPSA) is 54.7 Å². The number of hydrogen-bond acceptors (Lipinski definition) is 3. The molecule has 1 aliphatic heterocycles. The maximum absolute atomic E-state index is 13.0. The van der Waals surface area contributed by atoms with E-state index < -0.39 is 0 Å². The molecule has 1 aromatic heterocycles. The highest BCUT2D eigenvalue weighted by atomic mass is 35.5. The quantitative estimate of drug-likeness (QED) is 0.709. The van der Waals surface area contributed by atoms with E-state index in [1.54, 1.807) is 17.0 Å². The normalized spacial score (nSPS) is 14.7. The summed E-state index contributed by atoms with van der Waals surface area (Å²) in [5, 5.41) is 11.1. The number of halogens is 1. The maximum Gasteiger partial charge on any atom is 0.245 e. The minimum absolute atomic E-state index is 0.0142. The molecule has 144 valence electrons. The fourth-order valence-electron chi connectivity index (χ4n) is 3.52. The van der Waals surface area contributed by atoms with E-state index in [0.29, 0.717) is 30.5 Å². The first-order valence-electron chi connectivity index (χ1n) is 9.19. The van der Waals surface area contributed by atoms with Crippen LogP contribution in [0.4, 0.5) is 0 Å². The standard InChI is InChI=1S/C22H21ClN2O3/c1-15(24-7-2-3-8-24)22(27)25-9-10-28-21-18(14-25)11-17(13-20(21)26)16-5-4-6-19(23)12-16/h2-8,11-13,15,26H,9-10,14H2,1H3/t15-/m1/s1. The predicted octanol–water partition coefficient (Wildman–Crippen LogP) is 4.50. The number of phenols is 1. The van der Waals surface area contributed by atoms with Gasteiger partial charge in [0.1, 0.15) is 12.6 Å². The van der Waals surface area contributed by atoms with Crippen LogP contribution in [0.5, 0.6) is 11.5 Å². The van der Waals surface area contributed by atoms with Crippen molar-refractivity contribution in [3.63, 3.8) is 0 Å². The molecule has 5 nitrogen and oxygen atoms in total. The van der Waals surface area contributed by atoms with E-state index in [2.05, 4.69) is 0 Å². The average Bonchev–Trinajstić information content (AvgIpc) is 3.13. The Morgan fingerprint density at radius 2 is 1.93 bits per heavy atom. The molecule has 1 N–H and O–H groups in total. The van der Waals surface area contributed by atoms with Gasteiger partial charge in [-0.2, -0.15) is 0 Å². The zero-order valence-electron chi connectivity index (χ0n) is 15.5. The number of rotatable bonds is 3. The molecule has 2 aromatic carbocycles. The molecule has 0 unspecified atom stereocenters. The van der Waals surface area contributed by atoms with Crippen LogP contribution in [0.1, 0.15) is 18.5 Å². The predicted molar refractivity (Wildman–Crippen MR) is 109 cm³/mol. The Hall–Kier alpha value is -2.92. The largest absolute Gasteiger partial charge is 0.504 e. The average molecular weight is 397 g/mol. The SMILES string of the molecule is C[C@H](C(=O)N1CCOc2c(O)cc(-c3cccc(Cl)c3)cc2C1)n1cccc1. The number of phenolic OH excluding ortho intramolecular Hbond substituents is 1. The number of nitrogens with zero attached hydrogens (tertiary/aromatic N) is 2. The molecule has 1 aliphatic rings. The number of amides is 1. The van der Waals surface area contributed by atoms with Crippen molar-refractivity contribution < 1.29 is 14.6 Å². The molecule has 0 bridgehead atoms. The Morgan fingerprint density at radius 1 is 1.14 bits per heavy atom. The van der Waals surface area contributed by atoms with Gasteiger partial charge in [0, 0.05) is 29.5 Å². The summed E-state index contributed by atoms with van der Waals surface area (Å²) in [5.41, 5.74) is 2.50. The summed E-state index contributed by atoms with van der Waals surface area (Å²) in [6, 6.07) is 14.6. The lowest BCUT2D eigenvalue weighted by atomic mass is 10.0. The van der Waals surface area contributed by atoms with Crippen LogP contribution in [0.3, 0.4) is 0 Å². The Balaban J connectivity index is 1.66. The van der Waals surface area contributed by atoms with Crippen LogP contribution < -0.4 is 4.74 Å². The lowest BCUT2D eigenvalue weighted by Gasteiger charge is -2.24. The number of carbonyl (C=O) groups excluding carboxylic acids is 1. The lowest BCUT2D eigenvalue weighted by Crippen LogP contribution is -2.37. The van der Waals surface area contributed by atoms with Gasteiger partial charge in [0.2, 0.25) is 5.91 Å². The summed E-state index contributed by atoms with van der Waals surface area (Å²) in [4.78, 5) is 14.8. The molecule has 2 heterocycles. The molecular formula is C22H21ClN2O3. The lowest BCUT2D eigenvalue weighted by molar-refractivity contribution is -0.135. The number of benzene rings is 2. The van der Waals surface area contributed by atoms with Crippen molar-refractivity contribution in [1.29, 1.82) is 0 Å². The summed E-state index contributed by atoms with van der Waals surface area (Å²) < 4.78 is 7.65.